The van der Waals surface area contributed by atoms with Gasteiger partial charge in [-0.3, -0.25) is 0 Å². The van der Waals surface area contributed by atoms with Gasteiger partial charge in [0.1, 0.15) is 9.39 Å². The van der Waals surface area contributed by atoms with Crippen molar-refractivity contribution in [2.45, 2.75) is 11.8 Å². The van der Waals surface area contributed by atoms with Gasteiger partial charge in [0, 0.05) is 4.90 Å². The lowest BCUT2D eigenvalue weighted by atomic mass is 10.2. The van der Waals surface area contributed by atoms with Crippen LogP contribution in [0.15, 0.2) is 29.2 Å². The van der Waals surface area contributed by atoms with E-state index in [1.54, 1.807) is 11.2 Å². The highest BCUT2D eigenvalue weighted by Crippen LogP contribution is 2.17. The number of hydrogen-bond donors (Lipinski definition) is 0. The molecule has 0 spiro atoms. The maximum atomic E-state index is 3.37. The first-order valence-electron chi connectivity index (χ1n) is 2.74. The fourth-order valence-corrected chi connectivity index (χ4v) is 1.73. The molecule has 0 aromatic heterocycles. The van der Waals surface area contributed by atoms with E-state index in [4.69, 9.17) is 0 Å². The van der Waals surface area contributed by atoms with Crippen LogP contribution in [0.4, 0.5) is 0 Å². The van der Waals surface area contributed by atoms with Gasteiger partial charge < -0.3 is 0 Å². The highest BCUT2D eigenvalue weighted by Gasteiger charge is 1.90. The SMILES string of the molecule is Cc1ccccc1S[Si]. The molecule has 1 aromatic carbocycles. The molecule has 0 atom stereocenters. The molecular weight excluding hydrogens is 144 g/mol. The van der Waals surface area contributed by atoms with Crippen molar-refractivity contribution in [3.63, 3.8) is 0 Å². The lowest BCUT2D eigenvalue weighted by Gasteiger charge is -1.97. The van der Waals surface area contributed by atoms with E-state index in [0.29, 0.717) is 0 Å². The zero-order valence-corrected chi connectivity index (χ0v) is 7.03. The number of benzene rings is 1. The molecule has 0 unspecified atom stereocenters. The Kier molecular flexibility index (Phi) is 2.36. The topological polar surface area (TPSA) is 0 Å². The Morgan fingerprint density at radius 2 is 2.00 bits per heavy atom. The summed E-state index contributed by atoms with van der Waals surface area (Å²) in [7, 11) is 3.37. The van der Waals surface area contributed by atoms with Crippen LogP contribution in [-0.4, -0.2) is 9.39 Å². The van der Waals surface area contributed by atoms with Crippen molar-refractivity contribution in [3.8, 4) is 0 Å². The van der Waals surface area contributed by atoms with Crippen molar-refractivity contribution in [3.05, 3.63) is 29.8 Å². The molecule has 0 fully saturated rings. The standard InChI is InChI=1S/C7H7SSi/c1-6-4-2-3-5-7(6)8-9/h2-5H,1H3. The quantitative estimate of drug-likeness (QED) is 0.554. The van der Waals surface area contributed by atoms with Gasteiger partial charge in [-0.2, -0.15) is 11.2 Å². The lowest BCUT2D eigenvalue weighted by molar-refractivity contribution is 1.31. The first-order valence-corrected chi connectivity index (χ1v) is 4.78. The zero-order chi connectivity index (χ0) is 6.69. The molecule has 0 heterocycles. The monoisotopic (exact) mass is 151 g/mol. The van der Waals surface area contributed by atoms with E-state index in [1.807, 2.05) is 12.1 Å². The number of rotatable bonds is 1. The molecular formula is C7H7SSi. The Balaban J connectivity index is 3.01. The van der Waals surface area contributed by atoms with Gasteiger partial charge in [-0.1, -0.05) is 18.2 Å². The maximum absolute atomic E-state index is 3.37. The minimum absolute atomic E-state index is 1.29. The Hall–Kier alpha value is -0.213. The second kappa shape index (κ2) is 3.08. The van der Waals surface area contributed by atoms with Gasteiger partial charge in [-0.05, 0) is 18.6 Å². The van der Waals surface area contributed by atoms with Crippen LogP contribution < -0.4 is 0 Å². The Labute approximate surface area is 62.7 Å². The second-order valence-electron chi connectivity index (χ2n) is 1.87. The number of hydrogen-bond acceptors (Lipinski definition) is 1. The molecule has 9 heavy (non-hydrogen) atoms. The first-order chi connectivity index (χ1) is 4.34. The molecule has 0 aliphatic carbocycles. The maximum Gasteiger partial charge on any atom is 0.127 e. The summed E-state index contributed by atoms with van der Waals surface area (Å²) in [5.74, 6) is 0. The summed E-state index contributed by atoms with van der Waals surface area (Å²) >= 11 is 1.60. The molecule has 1 aromatic rings. The van der Waals surface area contributed by atoms with Gasteiger partial charge in [0.05, 0.1) is 0 Å². The average Bonchev–Trinajstić information content (AvgIpc) is 1.89. The van der Waals surface area contributed by atoms with Crippen LogP contribution in [-0.2, 0) is 0 Å². The molecule has 0 bridgehead atoms. The molecule has 0 nitrogen and oxygen atoms in total. The molecule has 0 saturated heterocycles. The van der Waals surface area contributed by atoms with E-state index < -0.39 is 0 Å². The summed E-state index contributed by atoms with van der Waals surface area (Å²) < 4.78 is 0. The van der Waals surface area contributed by atoms with Crippen LogP contribution in [0.5, 0.6) is 0 Å². The van der Waals surface area contributed by atoms with Crippen molar-refractivity contribution < 1.29 is 0 Å². The van der Waals surface area contributed by atoms with Crippen LogP contribution in [0.1, 0.15) is 5.56 Å². The second-order valence-corrected chi connectivity index (χ2v) is 3.12. The molecule has 0 amide bonds. The zero-order valence-electron chi connectivity index (χ0n) is 5.22. The van der Waals surface area contributed by atoms with Gasteiger partial charge in [0.15, 0.2) is 0 Å². The largest absolute Gasteiger partial charge is 0.158 e. The summed E-state index contributed by atoms with van der Waals surface area (Å²) in [5, 5.41) is 0. The summed E-state index contributed by atoms with van der Waals surface area (Å²) in [6.07, 6.45) is 0. The Morgan fingerprint density at radius 1 is 1.33 bits per heavy atom. The minimum Gasteiger partial charge on any atom is -0.158 e. The fourth-order valence-electron chi connectivity index (χ4n) is 0.671. The highest BCUT2D eigenvalue weighted by molar-refractivity contribution is 8.19. The molecule has 45 valence electrons. The van der Waals surface area contributed by atoms with Crippen LogP contribution in [0.25, 0.3) is 0 Å². The molecule has 0 N–H and O–H groups in total. The number of aryl methyl sites for hydroxylation is 1. The van der Waals surface area contributed by atoms with E-state index >= 15 is 0 Å². The molecule has 0 aliphatic heterocycles. The smallest absolute Gasteiger partial charge is 0.127 e. The van der Waals surface area contributed by atoms with E-state index in [9.17, 15) is 0 Å². The molecule has 0 saturated carbocycles. The van der Waals surface area contributed by atoms with Crippen molar-refractivity contribution in [1.29, 1.82) is 0 Å². The summed E-state index contributed by atoms with van der Waals surface area (Å²) in [5.41, 5.74) is 1.32. The van der Waals surface area contributed by atoms with Gasteiger partial charge in [0.25, 0.3) is 0 Å². The normalized spacial score (nSPS) is 9.56. The van der Waals surface area contributed by atoms with Crippen LogP contribution in [0.2, 0.25) is 0 Å². The summed E-state index contributed by atoms with van der Waals surface area (Å²) in [6.45, 7) is 2.10. The van der Waals surface area contributed by atoms with Crippen molar-refractivity contribution in [2.24, 2.45) is 0 Å². The van der Waals surface area contributed by atoms with Crippen molar-refractivity contribution in [1.82, 2.24) is 0 Å². The third-order valence-electron chi connectivity index (χ3n) is 1.20. The fraction of sp³-hybridized carbons (Fsp3) is 0.143. The van der Waals surface area contributed by atoms with Crippen molar-refractivity contribution in [2.75, 3.05) is 0 Å². The van der Waals surface area contributed by atoms with Crippen LogP contribution in [0.3, 0.4) is 0 Å². The third-order valence-corrected chi connectivity index (χ3v) is 2.54. The molecule has 3 radical (unpaired) electrons. The lowest BCUT2D eigenvalue weighted by Crippen LogP contribution is -1.74. The van der Waals surface area contributed by atoms with Gasteiger partial charge in [-0.15, -0.1) is 0 Å². The highest BCUT2D eigenvalue weighted by atomic mass is 32.4. The van der Waals surface area contributed by atoms with Gasteiger partial charge >= 0.3 is 0 Å². The Bertz CT molecular complexity index is 198. The molecule has 0 aliphatic rings. The van der Waals surface area contributed by atoms with E-state index in [1.165, 1.54) is 10.5 Å². The average molecular weight is 151 g/mol. The summed E-state index contributed by atoms with van der Waals surface area (Å²) in [6, 6.07) is 8.27. The molecule has 1 rings (SSSR count). The van der Waals surface area contributed by atoms with Crippen LogP contribution in [0, 0.1) is 6.92 Å². The van der Waals surface area contributed by atoms with E-state index in [-0.39, 0.29) is 0 Å². The van der Waals surface area contributed by atoms with E-state index in [2.05, 4.69) is 28.4 Å². The van der Waals surface area contributed by atoms with Crippen molar-refractivity contribution >= 4 is 20.6 Å². The Morgan fingerprint density at radius 3 is 2.44 bits per heavy atom. The molecule has 2 heteroatoms. The van der Waals surface area contributed by atoms with E-state index in [0.717, 1.165) is 0 Å². The van der Waals surface area contributed by atoms with Gasteiger partial charge in [-0.25, -0.2) is 0 Å². The predicted octanol–water partition coefficient (Wildman–Crippen LogP) is 2.17. The predicted molar refractivity (Wildman–Crippen MR) is 42.8 cm³/mol. The third kappa shape index (κ3) is 1.59. The summed E-state index contributed by atoms with van der Waals surface area (Å²) in [4.78, 5) is 1.29. The van der Waals surface area contributed by atoms with Crippen LogP contribution >= 0.6 is 11.2 Å². The minimum atomic E-state index is 1.29. The van der Waals surface area contributed by atoms with Gasteiger partial charge in [0.2, 0.25) is 0 Å². The first kappa shape index (κ1) is 6.90.